The van der Waals surface area contributed by atoms with E-state index in [4.69, 9.17) is 1.37 Å². The normalized spacial score (nSPS) is 36.3. The number of allylic oxidation sites excluding steroid dienone is 5. The van der Waals surface area contributed by atoms with Gasteiger partial charge in [-0.3, -0.25) is 0 Å². The van der Waals surface area contributed by atoms with Gasteiger partial charge in [-0.2, -0.15) is 0 Å². The lowest BCUT2D eigenvalue weighted by molar-refractivity contribution is 0.548. The fourth-order valence-electron chi connectivity index (χ4n) is 1.50. The third-order valence-corrected chi connectivity index (χ3v) is 2.55. The van der Waals surface area contributed by atoms with Crippen LogP contribution in [0.1, 0.15) is 22.1 Å². The zero-order valence-corrected chi connectivity index (χ0v) is 7.52. The Kier molecular flexibility index (Phi) is 1.93. The molecule has 0 saturated heterocycles. The number of rotatable bonds is 1. The summed E-state index contributed by atoms with van der Waals surface area (Å²) in [6.45, 7) is 10.1. The molecule has 0 N–H and O–H groups in total. The van der Waals surface area contributed by atoms with Gasteiger partial charge < -0.3 is 0 Å². The van der Waals surface area contributed by atoms with Crippen LogP contribution in [0.2, 0.25) is 0 Å². The van der Waals surface area contributed by atoms with E-state index in [9.17, 15) is 0 Å². The van der Waals surface area contributed by atoms with E-state index in [-0.39, 0.29) is 0 Å². The van der Waals surface area contributed by atoms with Crippen molar-refractivity contribution < 1.29 is 1.37 Å². The monoisotopic (exact) mass is 149 g/mol. The van der Waals surface area contributed by atoms with E-state index in [0.717, 1.165) is 11.1 Å². The Morgan fingerprint density at radius 3 is 2.45 bits per heavy atom. The van der Waals surface area contributed by atoms with E-state index in [1.807, 2.05) is 19.1 Å². The van der Waals surface area contributed by atoms with Crippen molar-refractivity contribution in [3.63, 3.8) is 0 Å². The first-order valence-corrected chi connectivity index (χ1v) is 4.13. The highest BCUT2D eigenvalue weighted by Crippen LogP contribution is 2.35. The lowest BCUT2D eigenvalue weighted by Gasteiger charge is -2.12. The molecular formula is C11H16. The van der Waals surface area contributed by atoms with Crippen LogP contribution in [0, 0.1) is 11.8 Å². The summed E-state index contributed by atoms with van der Waals surface area (Å²) in [5, 5.41) is 0. The molecule has 2 unspecified atom stereocenters. The topological polar surface area (TPSA) is 0 Å². The van der Waals surface area contributed by atoms with Crippen molar-refractivity contribution >= 4 is 0 Å². The van der Waals surface area contributed by atoms with Gasteiger partial charge in [-0.25, -0.2) is 0 Å². The average molecular weight is 149 g/mol. The van der Waals surface area contributed by atoms with Gasteiger partial charge in [0.05, 0.1) is 1.37 Å². The minimum absolute atomic E-state index is 0.459. The molecule has 0 saturated carbocycles. The molecule has 2 atom stereocenters. The van der Waals surface area contributed by atoms with E-state index in [1.54, 1.807) is 0 Å². The largest absolute Gasteiger partial charge is 0.0988 e. The van der Waals surface area contributed by atoms with Gasteiger partial charge in [0.1, 0.15) is 0 Å². The second-order valence-electron chi connectivity index (χ2n) is 3.11. The van der Waals surface area contributed by atoms with Gasteiger partial charge in [0, 0.05) is 0 Å². The molecule has 1 rings (SSSR count). The summed E-state index contributed by atoms with van der Waals surface area (Å²) in [5.41, 5.74) is 2.26. The van der Waals surface area contributed by atoms with Crippen molar-refractivity contribution in [2.75, 3.05) is 0 Å². The Hall–Kier alpha value is -0.780. The molecule has 1 aliphatic carbocycles. The van der Waals surface area contributed by atoms with Gasteiger partial charge in [-0.05, 0) is 29.9 Å². The molecule has 0 radical (unpaired) electrons. The first-order valence-electron chi connectivity index (χ1n) is 4.63. The lowest BCUT2D eigenvalue weighted by Crippen LogP contribution is -2.03. The minimum Gasteiger partial charge on any atom is -0.0988 e. The van der Waals surface area contributed by atoms with E-state index < -0.39 is 0 Å². The summed E-state index contributed by atoms with van der Waals surface area (Å²) in [7, 11) is 0. The molecule has 0 nitrogen and oxygen atoms in total. The fourth-order valence-corrected chi connectivity index (χ4v) is 1.50. The van der Waals surface area contributed by atoms with Crippen LogP contribution in [0.25, 0.3) is 0 Å². The molecule has 0 bridgehead atoms. The molecule has 0 heterocycles. The van der Waals surface area contributed by atoms with Crippen LogP contribution >= 0.6 is 0 Å². The molecule has 11 heavy (non-hydrogen) atoms. The summed E-state index contributed by atoms with van der Waals surface area (Å²) in [4.78, 5) is 0. The molecule has 1 aliphatic rings. The van der Waals surface area contributed by atoms with Crippen molar-refractivity contribution in [2.45, 2.75) is 20.8 Å². The molecular weight excluding hydrogens is 132 g/mol. The van der Waals surface area contributed by atoms with Gasteiger partial charge in [0.2, 0.25) is 0 Å². The van der Waals surface area contributed by atoms with Gasteiger partial charge >= 0.3 is 0 Å². The Morgan fingerprint density at radius 2 is 2.18 bits per heavy atom. The molecule has 0 aliphatic heterocycles. The van der Waals surface area contributed by atoms with Crippen LogP contribution < -0.4 is 0 Å². The van der Waals surface area contributed by atoms with Crippen LogP contribution in [0.15, 0.2) is 35.9 Å². The highest BCUT2D eigenvalue weighted by atomic mass is 14.3. The molecule has 0 aromatic rings. The van der Waals surface area contributed by atoms with Crippen LogP contribution in [-0.2, 0) is 0 Å². The Morgan fingerprint density at radius 1 is 1.55 bits per heavy atom. The summed E-state index contributed by atoms with van der Waals surface area (Å²) in [6, 6.07) is 0.688. The average Bonchev–Trinajstić information content (AvgIpc) is 2.25. The zero-order chi connectivity index (χ0) is 9.30. The number of hydrogen-bond donors (Lipinski definition) is 0. The smallest absolute Gasteiger partial charge is 0.0629 e. The maximum Gasteiger partial charge on any atom is 0.0629 e. The maximum absolute atomic E-state index is 7.85. The predicted octanol–water partition coefficient (Wildman–Crippen LogP) is 3.33. The van der Waals surface area contributed by atoms with Crippen LogP contribution in [-0.4, -0.2) is 0 Å². The van der Waals surface area contributed by atoms with Crippen molar-refractivity contribution in [2.24, 2.45) is 11.8 Å². The predicted molar refractivity (Wildman–Crippen MR) is 50.4 cm³/mol. The second kappa shape index (κ2) is 3.08. The molecule has 0 heteroatoms. The Balaban J connectivity index is 3.14. The third kappa shape index (κ3) is 1.30. The van der Waals surface area contributed by atoms with Crippen molar-refractivity contribution in [3.8, 4) is 0 Å². The van der Waals surface area contributed by atoms with Gasteiger partial charge in [0.15, 0.2) is 0 Å². The molecule has 0 spiro atoms. The highest BCUT2D eigenvalue weighted by Gasteiger charge is 2.23. The molecule has 0 aromatic carbocycles. The van der Waals surface area contributed by atoms with E-state index in [0.29, 0.717) is 17.9 Å². The maximum atomic E-state index is 7.85. The molecule has 0 fully saturated rings. The summed E-state index contributed by atoms with van der Waals surface area (Å²) >= 11 is 0. The zero-order valence-electron chi connectivity index (χ0n) is 8.52. The van der Waals surface area contributed by atoms with E-state index >= 15 is 0 Å². The standard InChI is InChI=1S/C11H16/c1-5-10-7-11(6-2)9(4)8(10)3/h5-9H,1H2,2-4H3/b11-6-/i7D. The highest BCUT2D eigenvalue weighted by molar-refractivity contribution is 5.39. The van der Waals surface area contributed by atoms with Gasteiger partial charge in [-0.15, -0.1) is 0 Å². The van der Waals surface area contributed by atoms with Crippen LogP contribution in [0.3, 0.4) is 0 Å². The Bertz CT molecular complexity index is 258. The molecule has 0 aromatic heterocycles. The summed E-state index contributed by atoms with van der Waals surface area (Å²) < 4.78 is 7.85. The first-order chi connectivity index (χ1) is 5.63. The van der Waals surface area contributed by atoms with Crippen molar-refractivity contribution in [1.29, 1.82) is 0 Å². The van der Waals surface area contributed by atoms with Crippen molar-refractivity contribution in [3.05, 3.63) is 35.9 Å². The van der Waals surface area contributed by atoms with E-state index in [1.165, 1.54) is 0 Å². The van der Waals surface area contributed by atoms with Gasteiger partial charge in [-0.1, -0.05) is 38.6 Å². The third-order valence-electron chi connectivity index (χ3n) is 2.55. The van der Waals surface area contributed by atoms with E-state index in [2.05, 4.69) is 20.4 Å². The lowest BCUT2D eigenvalue weighted by atomic mass is 9.92. The Labute approximate surface area is 70.7 Å². The quantitative estimate of drug-likeness (QED) is 0.536. The second-order valence-corrected chi connectivity index (χ2v) is 3.11. The first kappa shape index (κ1) is 6.90. The van der Waals surface area contributed by atoms with Gasteiger partial charge in [0.25, 0.3) is 0 Å². The molecule has 0 amide bonds. The SMILES string of the molecule is [2H]C1=C(C=C)C(C)C(C)/C1=C\C. The van der Waals surface area contributed by atoms with Crippen LogP contribution in [0.5, 0.6) is 0 Å². The number of hydrogen-bond acceptors (Lipinski definition) is 0. The molecule has 60 valence electrons. The fraction of sp³-hybridized carbons (Fsp3) is 0.455. The van der Waals surface area contributed by atoms with Crippen molar-refractivity contribution in [1.82, 2.24) is 0 Å². The minimum atomic E-state index is 0.459. The van der Waals surface area contributed by atoms with Crippen LogP contribution in [0.4, 0.5) is 0 Å². The summed E-state index contributed by atoms with van der Waals surface area (Å²) in [6.07, 6.45) is 3.86. The summed E-state index contributed by atoms with van der Waals surface area (Å²) in [5.74, 6) is 0.941.